The highest BCUT2D eigenvalue weighted by atomic mass is 15.2. The minimum Gasteiger partial charge on any atom is -0.357 e. The second-order valence-electron chi connectivity index (χ2n) is 5.37. The van der Waals surface area contributed by atoms with Crippen molar-refractivity contribution < 1.29 is 0 Å². The highest BCUT2D eigenvalue weighted by Gasteiger charge is 2.08. The maximum atomic E-state index is 4.66. The van der Waals surface area contributed by atoms with Gasteiger partial charge >= 0.3 is 0 Å². The van der Waals surface area contributed by atoms with Crippen LogP contribution < -0.4 is 10.6 Å². The highest BCUT2D eigenvalue weighted by molar-refractivity contribution is 5.80. The van der Waals surface area contributed by atoms with Crippen molar-refractivity contribution in [2.45, 2.75) is 54.0 Å². The van der Waals surface area contributed by atoms with E-state index in [1.165, 1.54) is 13.0 Å². The van der Waals surface area contributed by atoms with E-state index < -0.39 is 0 Å². The molecule has 0 amide bonds. The number of hydrogen-bond donors (Lipinski definition) is 2. The zero-order valence-electron chi connectivity index (χ0n) is 13.8. The lowest BCUT2D eigenvalue weighted by atomic mass is 10.1. The van der Waals surface area contributed by atoms with Crippen molar-refractivity contribution in [1.82, 2.24) is 15.5 Å². The SMILES string of the molecule is CCCN(CC)CCN=C(NCC)NC(C)C(C)C. The Hall–Kier alpha value is -0.770. The van der Waals surface area contributed by atoms with Gasteiger partial charge in [-0.2, -0.15) is 0 Å². The summed E-state index contributed by atoms with van der Waals surface area (Å²) in [5.74, 6) is 1.55. The smallest absolute Gasteiger partial charge is 0.191 e. The Morgan fingerprint density at radius 3 is 2.26 bits per heavy atom. The summed E-state index contributed by atoms with van der Waals surface area (Å²) < 4.78 is 0. The molecule has 19 heavy (non-hydrogen) atoms. The number of guanidine groups is 1. The van der Waals surface area contributed by atoms with E-state index in [0.717, 1.165) is 32.1 Å². The Morgan fingerprint density at radius 1 is 1.11 bits per heavy atom. The van der Waals surface area contributed by atoms with Gasteiger partial charge < -0.3 is 15.5 Å². The van der Waals surface area contributed by atoms with Crippen molar-refractivity contribution in [3.8, 4) is 0 Å². The molecule has 4 nitrogen and oxygen atoms in total. The molecule has 4 heteroatoms. The van der Waals surface area contributed by atoms with Gasteiger partial charge in [0.2, 0.25) is 0 Å². The van der Waals surface area contributed by atoms with Gasteiger partial charge in [-0.25, -0.2) is 0 Å². The Balaban J connectivity index is 4.25. The van der Waals surface area contributed by atoms with E-state index in [0.29, 0.717) is 12.0 Å². The number of likely N-dealkylation sites (N-methyl/N-ethyl adjacent to an activating group) is 1. The van der Waals surface area contributed by atoms with Crippen LogP contribution in [0.25, 0.3) is 0 Å². The molecule has 0 radical (unpaired) electrons. The van der Waals surface area contributed by atoms with Gasteiger partial charge in [-0.3, -0.25) is 4.99 Å². The van der Waals surface area contributed by atoms with Crippen LogP contribution >= 0.6 is 0 Å². The van der Waals surface area contributed by atoms with Gasteiger partial charge in [-0.1, -0.05) is 27.7 Å². The van der Waals surface area contributed by atoms with Crippen molar-refractivity contribution in [2.75, 3.05) is 32.7 Å². The predicted molar refractivity (Wildman–Crippen MR) is 85.8 cm³/mol. The van der Waals surface area contributed by atoms with Crippen molar-refractivity contribution in [2.24, 2.45) is 10.9 Å². The topological polar surface area (TPSA) is 39.7 Å². The van der Waals surface area contributed by atoms with Crippen molar-refractivity contribution >= 4 is 5.96 Å². The fourth-order valence-electron chi connectivity index (χ4n) is 1.75. The van der Waals surface area contributed by atoms with Gasteiger partial charge in [-0.15, -0.1) is 0 Å². The number of rotatable bonds is 9. The molecule has 0 aromatic rings. The third kappa shape index (κ3) is 8.87. The zero-order chi connectivity index (χ0) is 14.7. The van der Waals surface area contributed by atoms with E-state index in [2.05, 4.69) is 62.1 Å². The Morgan fingerprint density at radius 2 is 1.79 bits per heavy atom. The quantitative estimate of drug-likeness (QED) is 0.499. The van der Waals surface area contributed by atoms with Crippen LogP contribution in [0.3, 0.4) is 0 Å². The molecule has 0 aromatic heterocycles. The van der Waals surface area contributed by atoms with Gasteiger partial charge in [0, 0.05) is 19.1 Å². The average molecular weight is 270 g/mol. The molecule has 0 aliphatic rings. The van der Waals surface area contributed by atoms with Crippen LogP contribution in [-0.4, -0.2) is 49.6 Å². The molecule has 114 valence electrons. The Bertz CT molecular complexity index is 238. The van der Waals surface area contributed by atoms with E-state index >= 15 is 0 Å². The fraction of sp³-hybridized carbons (Fsp3) is 0.933. The van der Waals surface area contributed by atoms with Crippen molar-refractivity contribution in [3.63, 3.8) is 0 Å². The molecular formula is C15H34N4. The average Bonchev–Trinajstić information content (AvgIpc) is 2.37. The molecule has 0 fully saturated rings. The molecule has 0 aliphatic carbocycles. The summed E-state index contributed by atoms with van der Waals surface area (Å²) in [5, 5.41) is 6.77. The van der Waals surface area contributed by atoms with Gasteiger partial charge in [0.25, 0.3) is 0 Å². The maximum Gasteiger partial charge on any atom is 0.191 e. The number of nitrogens with zero attached hydrogens (tertiary/aromatic N) is 2. The first-order valence-corrected chi connectivity index (χ1v) is 7.82. The van der Waals surface area contributed by atoms with Gasteiger partial charge in [0.15, 0.2) is 5.96 Å². The first-order chi connectivity index (χ1) is 9.04. The van der Waals surface area contributed by atoms with Crippen LogP contribution in [0, 0.1) is 5.92 Å². The first-order valence-electron chi connectivity index (χ1n) is 7.82. The Kier molecular flexibility index (Phi) is 10.6. The van der Waals surface area contributed by atoms with Crippen LogP contribution in [0.4, 0.5) is 0 Å². The number of nitrogens with one attached hydrogen (secondary N) is 2. The molecule has 0 rings (SSSR count). The number of aliphatic imine (C=N–C) groups is 1. The van der Waals surface area contributed by atoms with Crippen LogP contribution in [-0.2, 0) is 0 Å². The molecule has 2 N–H and O–H groups in total. The summed E-state index contributed by atoms with van der Waals surface area (Å²) in [6.07, 6.45) is 1.21. The molecule has 0 bridgehead atoms. The maximum absolute atomic E-state index is 4.66. The lowest BCUT2D eigenvalue weighted by molar-refractivity contribution is 0.297. The van der Waals surface area contributed by atoms with Gasteiger partial charge in [0.1, 0.15) is 0 Å². The third-order valence-corrected chi connectivity index (χ3v) is 3.38. The summed E-state index contributed by atoms with van der Waals surface area (Å²) in [6.45, 7) is 18.3. The third-order valence-electron chi connectivity index (χ3n) is 3.38. The molecule has 0 aromatic carbocycles. The summed E-state index contributed by atoms with van der Waals surface area (Å²) in [6, 6.07) is 0.440. The highest BCUT2D eigenvalue weighted by Crippen LogP contribution is 1.99. The summed E-state index contributed by atoms with van der Waals surface area (Å²) in [5.41, 5.74) is 0. The molecule has 1 atom stereocenters. The van der Waals surface area contributed by atoms with E-state index in [4.69, 9.17) is 0 Å². The van der Waals surface area contributed by atoms with Gasteiger partial charge in [0.05, 0.1) is 6.54 Å². The molecule has 0 heterocycles. The zero-order valence-corrected chi connectivity index (χ0v) is 13.8. The van der Waals surface area contributed by atoms with Crippen molar-refractivity contribution in [1.29, 1.82) is 0 Å². The second kappa shape index (κ2) is 11.1. The first kappa shape index (κ1) is 18.2. The van der Waals surface area contributed by atoms with E-state index in [-0.39, 0.29) is 0 Å². The number of hydrogen-bond acceptors (Lipinski definition) is 2. The summed E-state index contributed by atoms with van der Waals surface area (Å²) in [7, 11) is 0. The standard InChI is InChI=1S/C15H34N4/c1-7-11-19(9-3)12-10-17-15(16-8-2)18-14(6)13(4)5/h13-14H,7-12H2,1-6H3,(H2,16,17,18). The van der Waals surface area contributed by atoms with E-state index in [9.17, 15) is 0 Å². The van der Waals surface area contributed by atoms with E-state index in [1.54, 1.807) is 0 Å². The van der Waals surface area contributed by atoms with Gasteiger partial charge in [-0.05, 0) is 39.3 Å². The normalized spacial score (nSPS) is 14.0. The molecule has 0 aliphatic heterocycles. The summed E-state index contributed by atoms with van der Waals surface area (Å²) >= 11 is 0. The minimum absolute atomic E-state index is 0.440. The molecule has 0 spiro atoms. The molecule has 0 saturated carbocycles. The fourth-order valence-corrected chi connectivity index (χ4v) is 1.75. The lowest BCUT2D eigenvalue weighted by Crippen LogP contribution is -2.44. The molecule has 0 saturated heterocycles. The predicted octanol–water partition coefficient (Wildman–Crippen LogP) is 2.32. The van der Waals surface area contributed by atoms with Crippen LogP contribution in [0.15, 0.2) is 4.99 Å². The van der Waals surface area contributed by atoms with Crippen molar-refractivity contribution in [3.05, 3.63) is 0 Å². The second-order valence-corrected chi connectivity index (χ2v) is 5.37. The summed E-state index contributed by atoms with van der Waals surface area (Å²) in [4.78, 5) is 7.10. The monoisotopic (exact) mass is 270 g/mol. The molecular weight excluding hydrogens is 236 g/mol. The Labute approximate surface area is 120 Å². The van der Waals surface area contributed by atoms with Crippen LogP contribution in [0.5, 0.6) is 0 Å². The minimum atomic E-state index is 0.440. The van der Waals surface area contributed by atoms with E-state index in [1.807, 2.05) is 0 Å². The largest absolute Gasteiger partial charge is 0.357 e. The molecule has 1 unspecified atom stereocenters. The lowest BCUT2D eigenvalue weighted by Gasteiger charge is -2.22. The van der Waals surface area contributed by atoms with Crippen LogP contribution in [0.2, 0.25) is 0 Å². The van der Waals surface area contributed by atoms with Crippen LogP contribution in [0.1, 0.15) is 48.0 Å².